The number of methoxy groups -OCH3 is 1. The van der Waals surface area contributed by atoms with Gasteiger partial charge in [0.2, 0.25) is 0 Å². The van der Waals surface area contributed by atoms with Crippen LogP contribution in [-0.2, 0) is 19.7 Å². The quantitative estimate of drug-likeness (QED) is 0.293. The molecule has 1 N–H and O–H groups in total. The Labute approximate surface area is 210 Å². The molecule has 0 bridgehead atoms. The van der Waals surface area contributed by atoms with E-state index in [1.807, 2.05) is 59.3 Å². The van der Waals surface area contributed by atoms with Crippen LogP contribution in [0.1, 0.15) is 17.5 Å². The molecular formula is C28H29FN4O3. The molecule has 0 fully saturated rings. The highest BCUT2D eigenvalue weighted by Gasteiger charge is 2.17. The summed E-state index contributed by atoms with van der Waals surface area (Å²) in [6, 6.07) is 21.2. The molecule has 2 amide bonds. The molecule has 0 spiro atoms. The first-order valence-electron chi connectivity index (χ1n) is 11.7. The highest BCUT2D eigenvalue weighted by Crippen LogP contribution is 2.29. The lowest BCUT2D eigenvalue weighted by molar-refractivity contribution is 0.207. The highest BCUT2D eigenvalue weighted by atomic mass is 19.1. The van der Waals surface area contributed by atoms with Crippen molar-refractivity contribution in [3.63, 3.8) is 0 Å². The number of aromatic nitrogens is 2. The van der Waals surface area contributed by atoms with Crippen LogP contribution in [-0.4, -0.2) is 34.1 Å². The van der Waals surface area contributed by atoms with Crippen molar-refractivity contribution in [3.8, 4) is 11.5 Å². The molecule has 186 valence electrons. The van der Waals surface area contributed by atoms with Crippen LogP contribution in [0.4, 0.5) is 14.9 Å². The predicted octanol–water partition coefficient (Wildman–Crippen LogP) is 5.73. The molecule has 0 unspecified atom stereocenters. The lowest BCUT2D eigenvalue weighted by Gasteiger charge is -2.24. The van der Waals surface area contributed by atoms with Crippen LogP contribution in [0, 0.1) is 5.82 Å². The van der Waals surface area contributed by atoms with E-state index in [0.717, 1.165) is 11.1 Å². The van der Waals surface area contributed by atoms with E-state index in [-0.39, 0.29) is 11.7 Å². The number of benzene rings is 3. The molecule has 0 saturated carbocycles. The van der Waals surface area contributed by atoms with E-state index in [2.05, 4.69) is 10.3 Å². The van der Waals surface area contributed by atoms with E-state index in [0.29, 0.717) is 44.2 Å². The second-order valence-corrected chi connectivity index (χ2v) is 8.25. The summed E-state index contributed by atoms with van der Waals surface area (Å²) < 4.78 is 27.6. The molecule has 0 aliphatic heterocycles. The van der Waals surface area contributed by atoms with Crippen LogP contribution in [0.25, 0.3) is 0 Å². The van der Waals surface area contributed by atoms with Crippen molar-refractivity contribution >= 4 is 11.7 Å². The summed E-state index contributed by atoms with van der Waals surface area (Å²) in [5.74, 6) is 0.717. The Morgan fingerprint density at radius 3 is 2.58 bits per heavy atom. The van der Waals surface area contributed by atoms with Crippen molar-refractivity contribution < 1.29 is 18.7 Å². The molecule has 0 saturated heterocycles. The third kappa shape index (κ3) is 6.85. The average Bonchev–Trinajstić information content (AvgIpc) is 3.42. The maximum atomic E-state index is 14.1. The fourth-order valence-electron chi connectivity index (χ4n) is 3.76. The van der Waals surface area contributed by atoms with E-state index in [1.54, 1.807) is 42.7 Å². The molecule has 0 radical (unpaired) electrons. The molecular weight excluding hydrogens is 459 g/mol. The molecule has 0 aliphatic carbocycles. The van der Waals surface area contributed by atoms with E-state index in [9.17, 15) is 9.18 Å². The number of carbonyl (C=O) groups excluding carboxylic acids is 1. The Hall–Kier alpha value is -4.33. The summed E-state index contributed by atoms with van der Waals surface area (Å²) in [6.45, 7) is 1.91. The highest BCUT2D eigenvalue weighted by molar-refractivity contribution is 5.89. The van der Waals surface area contributed by atoms with Gasteiger partial charge in [-0.05, 0) is 41.8 Å². The van der Waals surface area contributed by atoms with Crippen molar-refractivity contribution in [2.24, 2.45) is 0 Å². The number of anilines is 1. The largest absolute Gasteiger partial charge is 0.493 e. The van der Waals surface area contributed by atoms with Crippen molar-refractivity contribution in [1.82, 2.24) is 14.5 Å². The summed E-state index contributed by atoms with van der Waals surface area (Å²) in [5.41, 5.74) is 2.06. The number of ether oxygens (including phenoxy) is 2. The maximum Gasteiger partial charge on any atom is 0.322 e. The standard InChI is InChI=1S/C28H29FN4O3/c1-35-27-18-23(12-13-26(27)36-20-22-8-3-2-4-9-22)19-33(16-7-15-32-17-14-30-21-32)28(34)31-25-11-6-5-10-24(25)29/h2-6,8-14,17-18,21H,7,15-16,19-20H2,1H3,(H,31,34). The van der Waals surface area contributed by atoms with Gasteiger partial charge in [-0.15, -0.1) is 0 Å². The third-order valence-corrected chi connectivity index (χ3v) is 5.64. The number of aryl methyl sites for hydroxylation is 1. The molecule has 0 atom stereocenters. The third-order valence-electron chi connectivity index (χ3n) is 5.64. The van der Waals surface area contributed by atoms with Gasteiger partial charge in [-0.25, -0.2) is 14.2 Å². The monoisotopic (exact) mass is 488 g/mol. The van der Waals surface area contributed by atoms with Gasteiger partial charge in [-0.3, -0.25) is 0 Å². The average molecular weight is 489 g/mol. The van der Waals surface area contributed by atoms with Crippen LogP contribution >= 0.6 is 0 Å². The van der Waals surface area contributed by atoms with Crippen molar-refractivity contribution in [2.45, 2.75) is 26.1 Å². The minimum Gasteiger partial charge on any atom is -0.493 e. The molecule has 4 rings (SSSR count). The van der Waals surface area contributed by atoms with Gasteiger partial charge in [-0.2, -0.15) is 0 Å². The number of hydrogen-bond acceptors (Lipinski definition) is 4. The fraction of sp³-hybridized carbons (Fsp3) is 0.214. The van der Waals surface area contributed by atoms with Crippen molar-refractivity contribution in [2.75, 3.05) is 19.0 Å². The van der Waals surface area contributed by atoms with Gasteiger partial charge in [0.1, 0.15) is 12.4 Å². The SMILES string of the molecule is COc1cc(CN(CCCn2ccnc2)C(=O)Nc2ccccc2F)ccc1OCc1ccccc1. The molecule has 7 nitrogen and oxygen atoms in total. The minimum atomic E-state index is -0.481. The lowest BCUT2D eigenvalue weighted by Crippen LogP contribution is -2.36. The Morgan fingerprint density at radius 2 is 1.83 bits per heavy atom. The Kier molecular flexibility index (Phi) is 8.53. The minimum absolute atomic E-state index is 0.143. The zero-order chi connectivity index (χ0) is 25.2. The van der Waals surface area contributed by atoms with E-state index >= 15 is 0 Å². The summed E-state index contributed by atoms with van der Waals surface area (Å²) >= 11 is 0. The van der Waals surface area contributed by atoms with Gasteiger partial charge in [0.05, 0.1) is 19.1 Å². The molecule has 0 aliphatic rings. The summed E-state index contributed by atoms with van der Waals surface area (Å²) in [4.78, 5) is 18.8. The van der Waals surface area contributed by atoms with Gasteiger partial charge < -0.3 is 24.3 Å². The number of halogens is 1. The number of imidazole rings is 1. The van der Waals surface area contributed by atoms with Gasteiger partial charge in [-0.1, -0.05) is 48.5 Å². The zero-order valence-electron chi connectivity index (χ0n) is 20.1. The molecule has 36 heavy (non-hydrogen) atoms. The van der Waals surface area contributed by atoms with Gasteiger partial charge in [0.25, 0.3) is 0 Å². The Balaban J connectivity index is 1.46. The number of amides is 2. The molecule has 8 heteroatoms. The van der Waals surface area contributed by atoms with Gasteiger partial charge >= 0.3 is 6.03 Å². The first-order valence-corrected chi connectivity index (χ1v) is 11.7. The number of hydrogen-bond donors (Lipinski definition) is 1. The maximum absolute atomic E-state index is 14.1. The fourth-order valence-corrected chi connectivity index (χ4v) is 3.76. The van der Waals surface area contributed by atoms with E-state index < -0.39 is 5.82 Å². The van der Waals surface area contributed by atoms with Crippen LogP contribution < -0.4 is 14.8 Å². The molecule has 4 aromatic rings. The molecule has 1 heterocycles. The lowest BCUT2D eigenvalue weighted by atomic mass is 10.1. The number of para-hydroxylation sites is 1. The Morgan fingerprint density at radius 1 is 1.03 bits per heavy atom. The first kappa shape index (κ1) is 24.8. The van der Waals surface area contributed by atoms with E-state index in [1.165, 1.54) is 6.07 Å². The topological polar surface area (TPSA) is 68.6 Å². The normalized spacial score (nSPS) is 10.6. The summed E-state index contributed by atoms with van der Waals surface area (Å²) in [5, 5.41) is 2.69. The number of urea groups is 1. The van der Waals surface area contributed by atoms with Crippen LogP contribution in [0.5, 0.6) is 11.5 Å². The van der Waals surface area contributed by atoms with Crippen LogP contribution in [0.3, 0.4) is 0 Å². The number of nitrogens with zero attached hydrogens (tertiary/aromatic N) is 3. The first-order chi connectivity index (χ1) is 17.6. The number of rotatable bonds is 11. The Bertz CT molecular complexity index is 1250. The zero-order valence-corrected chi connectivity index (χ0v) is 20.1. The summed E-state index contributed by atoms with van der Waals surface area (Å²) in [7, 11) is 1.59. The molecule has 3 aromatic carbocycles. The molecule has 1 aromatic heterocycles. The number of carbonyl (C=O) groups is 1. The summed E-state index contributed by atoms with van der Waals surface area (Å²) in [6.07, 6.45) is 6.04. The van der Waals surface area contributed by atoms with Crippen LogP contribution in [0.2, 0.25) is 0 Å². The second-order valence-electron chi connectivity index (χ2n) is 8.25. The number of nitrogens with one attached hydrogen (secondary N) is 1. The second kappa shape index (κ2) is 12.4. The van der Waals surface area contributed by atoms with Crippen molar-refractivity contribution in [1.29, 1.82) is 0 Å². The predicted molar refractivity (Wildman–Crippen MR) is 136 cm³/mol. The van der Waals surface area contributed by atoms with Crippen molar-refractivity contribution in [3.05, 3.63) is 108 Å². The van der Waals surface area contributed by atoms with E-state index in [4.69, 9.17) is 9.47 Å². The van der Waals surface area contributed by atoms with Gasteiger partial charge in [0.15, 0.2) is 11.5 Å². The smallest absolute Gasteiger partial charge is 0.322 e. The van der Waals surface area contributed by atoms with Crippen LogP contribution in [0.15, 0.2) is 91.5 Å². The van der Waals surface area contributed by atoms with Gasteiger partial charge in [0, 0.05) is 32.0 Å².